The Bertz CT molecular complexity index is 329. The van der Waals surface area contributed by atoms with Crippen molar-refractivity contribution in [3.8, 4) is 0 Å². The summed E-state index contributed by atoms with van der Waals surface area (Å²) >= 11 is 0. The van der Waals surface area contributed by atoms with Crippen LogP contribution in [0, 0.1) is 0 Å². The minimum atomic E-state index is -0.400. The number of hydrogen-bond acceptors (Lipinski definition) is 4. The lowest BCUT2D eigenvalue weighted by Gasteiger charge is -2.10. The second-order valence-electron chi connectivity index (χ2n) is 3.30. The maximum atomic E-state index is 10.8. The first kappa shape index (κ1) is 8.22. The molecule has 1 aliphatic carbocycles. The molecule has 1 saturated carbocycles. The highest BCUT2D eigenvalue weighted by Gasteiger charge is 2.14. The van der Waals surface area contributed by atoms with Crippen molar-refractivity contribution < 1.29 is 0 Å². The predicted octanol–water partition coefficient (Wildman–Crippen LogP) is 0.519. The molecule has 0 aliphatic heterocycles. The van der Waals surface area contributed by atoms with Crippen LogP contribution in [0.3, 0.4) is 0 Å². The van der Waals surface area contributed by atoms with Crippen molar-refractivity contribution in [3.63, 3.8) is 0 Å². The molecule has 2 N–H and O–H groups in total. The molecule has 5 heteroatoms. The molecule has 1 fully saturated rings. The Morgan fingerprint density at radius 1 is 1.46 bits per heavy atom. The molecule has 0 amide bonds. The quantitative estimate of drug-likeness (QED) is 0.696. The molecule has 1 aromatic heterocycles. The van der Waals surface area contributed by atoms with Gasteiger partial charge in [-0.15, -0.1) is 0 Å². The van der Waals surface area contributed by atoms with E-state index in [1.54, 1.807) is 6.20 Å². The third-order valence-corrected chi connectivity index (χ3v) is 2.28. The van der Waals surface area contributed by atoms with Crippen LogP contribution in [0.25, 0.3) is 0 Å². The summed E-state index contributed by atoms with van der Waals surface area (Å²) in [5.74, 6) is 0.579. The van der Waals surface area contributed by atoms with Gasteiger partial charge in [-0.05, 0) is 12.8 Å². The summed E-state index contributed by atoms with van der Waals surface area (Å²) in [5.41, 5.74) is -0.400. The van der Waals surface area contributed by atoms with Crippen LogP contribution in [0.15, 0.2) is 11.0 Å². The zero-order valence-electron chi connectivity index (χ0n) is 7.29. The van der Waals surface area contributed by atoms with Gasteiger partial charge in [0.15, 0.2) is 5.82 Å². The summed E-state index contributed by atoms with van der Waals surface area (Å²) in [6.45, 7) is 0. The lowest BCUT2D eigenvalue weighted by Crippen LogP contribution is -2.20. The highest BCUT2D eigenvalue weighted by molar-refractivity contribution is 5.30. The first-order valence-corrected chi connectivity index (χ1v) is 4.53. The molecule has 5 nitrogen and oxygen atoms in total. The third kappa shape index (κ3) is 2.05. The Balaban J connectivity index is 2.04. The third-order valence-electron chi connectivity index (χ3n) is 2.28. The molecule has 0 aromatic carbocycles. The number of nitrogens with one attached hydrogen (secondary N) is 2. The molecular formula is C8H12N4O. The van der Waals surface area contributed by atoms with Gasteiger partial charge in [-0.1, -0.05) is 12.8 Å². The topological polar surface area (TPSA) is 70.7 Å². The molecule has 2 rings (SSSR count). The number of anilines is 1. The number of aromatic nitrogens is 3. The number of rotatable bonds is 2. The maximum absolute atomic E-state index is 10.8. The lowest BCUT2D eigenvalue weighted by molar-refractivity contribution is 0.744. The van der Waals surface area contributed by atoms with Gasteiger partial charge in [-0.3, -0.25) is 0 Å². The van der Waals surface area contributed by atoms with Crippen LogP contribution in [0.1, 0.15) is 25.7 Å². The van der Waals surface area contributed by atoms with Crippen molar-refractivity contribution in [3.05, 3.63) is 16.7 Å². The maximum Gasteiger partial charge on any atom is 0.363 e. The van der Waals surface area contributed by atoms with Gasteiger partial charge in [0.1, 0.15) is 0 Å². The second-order valence-corrected chi connectivity index (χ2v) is 3.30. The molecule has 1 aromatic rings. The number of nitrogens with zero attached hydrogens (tertiary/aromatic N) is 2. The summed E-state index contributed by atoms with van der Waals surface area (Å²) < 4.78 is 0. The Labute approximate surface area is 75.6 Å². The predicted molar refractivity (Wildman–Crippen MR) is 48.5 cm³/mol. The Hall–Kier alpha value is -1.39. The zero-order valence-corrected chi connectivity index (χ0v) is 7.29. The van der Waals surface area contributed by atoms with E-state index in [9.17, 15) is 4.79 Å². The van der Waals surface area contributed by atoms with Crippen LogP contribution >= 0.6 is 0 Å². The van der Waals surface area contributed by atoms with Gasteiger partial charge < -0.3 is 5.32 Å². The van der Waals surface area contributed by atoms with Gasteiger partial charge in [0.05, 0.1) is 6.20 Å². The van der Waals surface area contributed by atoms with Gasteiger partial charge in [0, 0.05) is 6.04 Å². The van der Waals surface area contributed by atoms with Gasteiger partial charge in [0.25, 0.3) is 0 Å². The van der Waals surface area contributed by atoms with Crippen molar-refractivity contribution in [1.82, 2.24) is 15.2 Å². The Morgan fingerprint density at radius 2 is 2.23 bits per heavy atom. The Morgan fingerprint density at radius 3 is 2.92 bits per heavy atom. The fraction of sp³-hybridized carbons (Fsp3) is 0.625. The van der Waals surface area contributed by atoms with Crippen molar-refractivity contribution in [1.29, 1.82) is 0 Å². The van der Waals surface area contributed by atoms with E-state index in [2.05, 4.69) is 20.5 Å². The van der Waals surface area contributed by atoms with Crippen LogP contribution in [0.5, 0.6) is 0 Å². The molecule has 0 unspecified atom stereocenters. The van der Waals surface area contributed by atoms with Crippen molar-refractivity contribution >= 4 is 5.82 Å². The molecule has 0 radical (unpaired) electrons. The van der Waals surface area contributed by atoms with E-state index in [0.29, 0.717) is 11.9 Å². The summed E-state index contributed by atoms with van der Waals surface area (Å²) in [5, 5.41) is 9.09. The number of hydrogen-bond donors (Lipinski definition) is 2. The minimum absolute atomic E-state index is 0.400. The van der Waals surface area contributed by atoms with Crippen LogP contribution in [0.4, 0.5) is 5.82 Å². The van der Waals surface area contributed by atoms with E-state index in [0.717, 1.165) is 12.8 Å². The van der Waals surface area contributed by atoms with E-state index in [1.807, 2.05) is 0 Å². The summed E-state index contributed by atoms with van der Waals surface area (Å²) in [7, 11) is 0. The van der Waals surface area contributed by atoms with Crippen molar-refractivity contribution in [2.24, 2.45) is 0 Å². The minimum Gasteiger partial charge on any atom is -0.366 e. The van der Waals surface area contributed by atoms with Gasteiger partial charge in [0.2, 0.25) is 0 Å². The van der Waals surface area contributed by atoms with Crippen LogP contribution in [0.2, 0.25) is 0 Å². The number of aromatic amines is 1. The monoisotopic (exact) mass is 180 g/mol. The number of H-pyrrole nitrogens is 1. The van der Waals surface area contributed by atoms with E-state index < -0.39 is 5.69 Å². The highest BCUT2D eigenvalue weighted by Crippen LogP contribution is 2.20. The van der Waals surface area contributed by atoms with Crippen LogP contribution in [-0.4, -0.2) is 21.2 Å². The van der Waals surface area contributed by atoms with Crippen molar-refractivity contribution in [2.45, 2.75) is 31.7 Å². The summed E-state index contributed by atoms with van der Waals surface area (Å²) in [6, 6.07) is 0.469. The molecule has 1 aliphatic rings. The molecule has 1 heterocycles. The summed E-state index contributed by atoms with van der Waals surface area (Å²) in [6.07, 6.45) is 6.38. The standard InChI is InChI=1S/C8H12N4O/c13-8-11-7(5-9-12-8)10-6-3-1-2-4-6/h5-6H,1-4H2,(H2,10,11,12,13). The van der Waals surface area contributed by atoms with Gasteiger partial charge >= 0.3 is 5.69 Å². The fourth-order valence-electron chi connectivity index (χ4n) is 1.66. The zero-order chi connectivity index (χ0) is 9.10. The average molecular weight is 180 g/mol. The largest absolute Gasteiger partial charge is 0.366 e. The lowest BCUT2D eigenvalue weighted by atomic mass is 10.2. The van der Waals surface area contributed by atoms with E-state index in [-0.39, 0.29) is 0 Å². The molecule has 0 atom stereocenters. The van der Waals surface area contributed by atoms with E-state index >= 15 is 0 Å². The first-order chi connectivity index (χ1) is 6.34. The first-order valence-electron chi connectivity index (χ1n) is 4.53. The molecule has 0 spiro atoms. The van der Waals surface area contributed by atoms with Crippen LogP contribution < -0.4 is 11.0 Å². The summed E-state index contributed by atoms with van der Waals surface area (Å²) in [4.78, 5) is 14.5. The normalized spacial score (nSPS) is 17.5. The second kappa shape index (κ2) is 3.55. The van der Waals surface area contributed by atoms with Gasteiger partial charge in [-0.2, -0.15) is 10.1 Å². The van der Waals surface area contributed by atoms with Crippen LogP contribution in [-0.2, 0) is 0 Å². The highest BCUT2D eigenvalue weighted by atomic mass is 16.1. The smallest absolute Gasteiger partial charge is 0.363 e. The molecule has 13 heavy (non-hydrogen) atoms. The van der Waals surface area contributed by atoms with Crippen molar-refractivity contribution in [2.75, 3.05) is 5.32 Å². The van der Waals surface area contributed by atoms with Gasteiger partial charge in [-0.25, -0.2) is 9.89 Å². The fourth-order valence-corrected chi connectivity index (χ4v) is 1.66. The molecular weight excluding hydrogens is 168 g/mol. The molecule has 70 valence electrons. The van der Waals surface area contributed by atoms with E-state index in [4.69, 9.17) is 0 Å². The van der Waals surface area contributed by atoms with E-state index in [1.165, 1.54) is 12.8 Å². The Kier molecular flexibility index (Phi) is 2.25. The molecule has 0 saturated heterocycles. The molecule has 0 bridgehead atoms. The average Bonchev–Trinajstić information content (AvgIpc) is 2.57. The SMILES string of the molecule is O=c1nc(NC2CCCC2)cn[nH]1.